The van der Waals surface area contributed by atoms with Gasteiger partial charge in [-0.1, -0.05) is 23.4 Å². The average molecular weight is 351 g/mol. The Morgan fingerprint density at radius 2 is 2.00 bits per heavy atom. The lowest BCUT2D eigenvalue weighted by Crippen LogP contribution is -2.21. The summed E-state index contributed by atoms with van der Waals surface area (Å²) in [6.07, 6.45) is 0. The number of anilines is 2. The van der Waals surface area contributed by atoms with E-state index in [1.165, 1.54) is 0 Å². The fourth-order valence-electron chi connectivity index (χ4n) is 2.84. The van der Waals surface area contributed by atoms with Crippen molar-refractivity contribution >= 4 is 39.4 Å². The summed E-state index contributed by atoms with van der Waals surface area (Å²) in [7, 11) is 1.59. The third-order valence-electron chi connectivity index (χ3n) is 4.03. The minimum atomic E-state index is -0.257. The first kappa shape index (κ1) is 16.0. The summed E-state index contributed by atoms with van der Waals surface area (Å²) in [5.74, 6) is 0.689. The SMILES string of the molecule is COc1cc2c(cc1NCC(=O)Nc1cc(C)no1)oc1ccccc12. The van der Waals surface area contributed by atoms with E-state index in [-0.39, 0.29) is 12.5 Å². The predicted molar refractivity (Wildman–Crippen MR) is 98.6 cm³/mol. The minimum Gasteiger partial charge on any atom is -0.495 e. The molecule has 0 aliphatic rings. The lowest BCUT2D eigenvalue weighted by molar-refractivity contribution is -0.114. The van der Waals surface area contributed by atoms with Crippen LogP contribution in [0.15, 0.2) is 51.4 Å². The second kappa shape index (κ2) is 6.44. The van der Waals surface area contributed by atoms with Crippen molar-refractivity contribution in [3.05, 3.63) is 48.2 Å². The molecule has 0 saturated carbocycles. The van der Waals surface area contributed by atoms with E-state index in [9.17, 15) is 4.79 Å². The average Bonchev–Trinajstić information content (AvgIpc) is 3.21. The van der Waals surface area contributed by atoms with Gasteiger partial charge in [0, 0.05) is 22.9 Å². The largest absolute Gasteiger partial charge is 0.495 e. The molecule has 0 aliphatic carbocycles. The highest BCUT2D eigenvalue weighted by atomic mass is 16.5. The van der Waals surface area contributed by atoms with Crippen molar-refractivity contribution in [3.63, 3.8) is 0 Å². The number of ether oxygens (including phenoxy) is 1. The van der Waals surface area contributed by atoms with E-state index in [1.807, 2.05) is 36.4 Å². The molecule has 0 spiro atoms. The number of methoxy groups -OCH3 is 1. The number of nitrogens with one attached hydrogen (secondary N) is 2. The summed E-state index contributed by atoms with van der Waals surface area (Å²) in [5, 5.41) is 11.4. The number of aromatic nitrogens is 1. The zero-order valence-corrected chi connectivity index (χ0v) is 14.3. The molecule has 2 heterocycles. The Kier molecular flexibility index (Phi) is 3.96. The molecule has 2 aromatic heterocycles. The van der Waals surface area contributed by atoms with Crippen molar-refractivity contribution in [1.29, 1.82) is 0 Å². The molecule has 1 amide bonds. The molecular weight excluding hydrogens is 334 g/mol. The molecule has 0 atom stereocenters. The van der Waals surface area contributed by atoms with Crippen LogP contribution in [0, 0.1) is 6.92 Å². The number of hydrogen-bond acceptors (Lipinski definition) is 6. The molecule has 4 rings (SSSR count). The highest BCUT2D eigenvalue weighted by Gasteiger charge is 2.13. The van der Waals surface area contributed by atoms with Crippen LogP contribution in [-0.4, -0.2) is 24.7 Å². The van der Waals surface area contributed by atoms with E-state index in [1.54, 1.807) is 20.1 Å². The van der Waals surface area contributed by atoms with Crippen molar-refractivity contribution in [1.82, 2.24) is 5.16 Å². The van der Waals surface area contributed by atoms with Gasteiger partial charge in [-0.05, 0) is 19.1 Å². The first-order valence-electron chi connectivity index (χ1n) is 8.10. The monoisotopic (exact) mass is 351 g/mol. The van der Waals surface area contributed by atoms with Crippen LogP contribution < -0.4 is 15.4 Å². The number of fused-ring (bicyclic) bond motifs is 3. The van der Waals surface area contributed by atoms with Gasteiger partial charge in [0.1, 0.15) is 16.9 Å². The number of para-hydroxylation sites is 1. The topological polar surface area (TPSA) is 89.5 Å². The molecule has 0 bridgehead atoms. The number of rotatable bonds is 5. The summed E-state index contributed by atoms with van der Waals surface area (Å²) in [5.41, 5.74) is 2.90. The summed E-state index contributed by atoms with van der Waals surface area (Å²) in [6.45, 7) is 1.83. The zero-order valence-electron chi connectivity index (χ0n) is 14.3. The van der Waals surface area contributed by atoms with Crippen LogP contribution >= 0.6 is 0 Å². The van der Waals surface area contributed by atoms with E-state index in [2.05, 4.69) is 15.8 Å². The Hall–Kier alpha value is -3.48. The molecule has 0 saturated heterocycles. The van der Waals surface area contributed by atoms with Gasteiger partial charge in [0.05, 0.1) is 25.0 Å². The Balaban J connectivity index is 1.57. The molecule has 26 heavy (non-hydrogen) atoms. The van der Waals surface area contributed by atoms with Crippen molar-refractivity contribution in [2.24, 2.45) is 0 Å². The van der Waals surface area contributed by atoms with Gasteiger partial charge < -0.3 is 19.0 Å². The lowest BCUT2D eigenvalue weighted by atomic mass is 10.1. The molecule has 7 nitrogen and oxygen atoms in total. The summed E-state index contributed by atoms with van der Waals surface area (Å²) in [4.78, 5) is 12.1. The fourth-order valence-corrected chi connectivity index (χ4v) is 2.84. The van der Waals surface area contributed by atoms with Crippen LogP contribution in [0.25, 0.3) is 21.9 Å². The molecule has 132 valence electrons. The maximum Gasteiger partial charge on any atom is 0.246 e. The molecule has 0 radical (unpaired) electrons. The number of carbonyl (C=O) groups is 1. The number of aryl methyl sites for hydroxylation is 1. The van der Waals surface area contributed by atoms with Gasteiger partial charge in [-0.2, -0.15) is 0 Å². The standard InChI is InChI=1S/C19H17N3O4/c1-11-7-19(26-22-11)21-18(23)10-20-14-9-16-13(8-17(14)24-2)12-5-3-4-6-15(12)25-16/h3-9,20H,10H2,1-2H3,(H,21,23). The first-order valence-corrected chi connectivity index (χ1v) is 8.10. The number of carbonyl (C=O) groups excluding carboxylic acids is 1. The number of benzene rings is 2. The Morgan fingerprint density at radius 1 is 1.15 bits per heavy atom. The Labute approximate surface area is 148 Å². The molecule has 7 heteroatoms. The zero-order chi connectivity index (χ0) is 18.1. The van der Waals surface area contributed by atoms with Gasteiger partial charge in [-0.15, -0.1) is 0 Å². The molecule has 0 fully saturated rings. The van der Waals surface area contributed by atoms with Crippen molar-refractivity contribution < 1.29 is 18.5 Å². The second-order valence-electron chi connectivity index (χ2n) is 5.88. The fraction of sp³-hybridized carbons (Fsp3) is 0.158. The van der Waals surface area contributed by atoms with Gasteiger partial charge in [0.15, 0.2) is 0 Å². The third kappa shape index (κ3) is 2.95. The quantitative estimate of drug-likeness (QED) is 0.566. The van der Waals surface area contributed by atoms with Crippen molar-refractivity contribution in [2.45, 2.75) is 6.92 Å². The number of amides is 1. The number of hydrogen-bond donors (Lipinski definition) is 2. The van der Waals surface area contributed by atoms with Crippen molar-refractivity contribution in [2.75, 3.05) is 24.3 Å². The minimum absolute atomic E-state index is 0.0435. The Bertz CT molecular complexity index is 1100. The highest BCUT2D eigenvalue weighted by molar-refractivity contribution is 6.06. The molecule has 0 unspecified atom stereocenters. The van der Waals surface area contributed by atoms with Crippen LogP contribution in [0.3, 0.4) is 0 Å². The van der Waals surface area contributed by atoms with Gasteiger partial charge >= 0.3 is 0 Å². The normalized spacial score (nSPS) is 11.0. The van der Waals surface area contributed by atoms with Crippen LogP contribution in [0.2, 0.25) is 0 Å². The highest BCUT2D eigenvalue weighted by Crippen LogP contribution is 2.36. The first-order chi connectivity index (χ1) is 12.6. The van der Waals surface area contributed by atoms with Crippen LogP contribution in [-0.2, 0) is 4.79 Å². The smallest absolute Gasteiger partial charge is 0.246 e. The molecule has 2 aromatic carbocycles. The maximum atomic E-state index is 12.1. The lowest BCUT2D eigenvalue weighted by Gasteiger charge is -2.10. The molecule has 2 N–H and O–H groups in total. The summed E-state index contributed by atoms with van der Waals surface area (Å²) >= 11 is 0. The van der Waals surface area contributed by atoms with Crippen LogP contribution in [0.1, 0.15) is 5.69 Å². The Morgan fingerprint density at radius 3 is 2.77 bits per heavy atom. The number of nitrogens with zero attached hydrogens (tertiary/aromatic N) is 1. The predicted octanol–water partition coefficient (Wildman–Crippen LogP) is 3.94. The van der Waals surface area contributed by atoms with Gasteiger partial charge in [-0.3, -0.25) is 10.1 Å². The van der Waals surface area contributed by atoms with E-state index >= 15 is 0 Å². The molecule has 0 aliphatic heterocycles. The van der Waals surface area contributed by atoms with E-state index in [0.29, 0.717) is 23.0 Å². The molecule has 4 aromatic rings. The van der Waals surface area contributed by atoms with Crippen LogP contribution in [0.5, 0.6) is 5.75 Å². The van der Waals surface area contributed by atoms with Gasteiger partial charge in [0.25, 0.3) is 0 Å². The summed E-state index contributed by atoms with van der Waals surface area (Å²) in [6, 6.07) is 13.2. The van der Waals surface area contributed by atoms with E-state index < -0.39 is 0 Å². The van der Waals surface area contributed by atoms with Gasteiger partial charge in [0.2, 0.25) is 11.8 Å². The van der Waals surface area contributed by atoms with E-state index in [4.69, 9.17) is 13.7 Å². The number of furan rings is 1. The van der Waals surface area contributed by atoms with Crippen LogP contribution in [0.4, 0.5) is 11.6 Å². The maximum absolute atomic E-state index is 12.1. The molecular formula is C19H17N3O4. The third-order valence-corrected chi connectivity index (χ3v) is 4.03. The van der Waals surface area contributed by atoms with Gasteiger partial charge in [-0.25, -0.2) is 0 Å². The summed E-state index contributed by atoms with van der Waals surface area (Å²) < 4.78 is 16.3. The second-order valence-corrected chi connectivity index (χ2v) is 5.88. The van der Waals surface area contributed by atoms with Crippen molar-refractivity contribution in [3.8, 4) is 5.75 Å². The van der Waals surface area contributed by atoms with E-state index in [0.717, 1.165) is 21.9 Å².